The molecular formula is C20H24O2. The van der Waals surface area contributed by atoms with Crippen LogP contribution in [0.5, 0.6) is 0 Å². The van der Waals surface area contributed by atoms with Crippen LogP contribution in [0.4, 0.5) is 0 Å². The van der Waals surface area contributed by atoms with Gasteiger partial charge in [0.25, 0.3) is 0 Å². The third kappa shape index (κ3) is 3.97. The van der Waals surface area contributed by atoms with Gasteiger partial charge in [-0.2, -0.15) is 0 Å². The molecule has 0 saturated carbocycles. The lowest BCUT2D eigenvalue weighted by atomic mass is 9.98. The predicted molar refractivity (Wildman–Crippen MR) is 90.2 cm³/mol. The highest BCUT2D eigenvalue weighted by atomic mass is 16.5. The monoisotopic (exact) mass is 296 g/mol. The van der Waals surface area contributed by atoms with Crippen molar-refractivity contribution in [3.8, 4) is 0 Å². The minimum atomic E-state index is -0.274. The van der Waals surface area contributed by atoms with Gasteiger partial charge in [-0.25, -0.2) is 4.79 Å². The highest BCUT2D eigenvalue weighted by Crippen LogP contribution is 2.21. The molecule has 0 aliphatic carbocycles. The van der Waals surface area contributed by atoms with Crippen LogP contribution in [0.3, 0.4) is 0 Å². The minimum absolute atomic E-state index is 0.248. The number of aryl methyl sites for hydroxylation is 1. The maximum atomic E-state index is 12.2. The highest BCUT2D eigenvalue weighted by Gasteiger charge is 2.14. The van der Waals surface area contributed by atoms with Crippen molar-refractivity contribution in [2.24, 2.45) is 0 Å². The smallest absolute Gasteiger partial charge is 0.338 e. The number of ether oxygens (including phenoxy) is 1. The molecular weight excluding hydrogens is 272 g/mol. The average Bonchev–Trinajstić information content (AvgIpc) is 2.54. The highest BCUT2D eigenvalue weighted by molar-refractivity contribution is 5.89. The Morgan fingerprint density at radius 3 is 2.05 bits per heavy atom. The van der Waals surface area contributed by atoms with Crippen LogP contribution in [0.15, 0.2) is 48.5 Å². The van der Waals surface area contributed by atoms with Gasteiger partial charge >= 0.3 is 5.97 Å². The Labute approximate surface area is 133 Å². The van der Waals surface area contributed by atoms with Gasteiger partial charge in [-0.05, 0) is 49.4 Å². The molecule has 2 nitrogen and oxygen atoms in total. The minimum Gasteiger partial charge on any atom is -0.454 e. The van der Waals surface area contributed by atoms with Gasteiger partial charge in [0.05, 0.1) is 5.56 Å². The second-order valence-corrected chi connectivity index (χ2v) is 5.89. The van der Waals surface area contributed by atoms with Crippen molar-refractivity contribution in [3.05, 3.63) is 70.8 Å². The topological polar surface area (TPSA) is 26.3 Å². The van der Waals surface area contributed by atoms with Gasteiger partial charge in [0, 0.05) is 0 Å². The van der Waals surface area contributed by atoms with Crippen molar-refractivity contribution in [1.82, 2.24) is 0 Å². The third-order valence-corrected chi connectivity index (χ3v) is 4.16. The zero-order valence-electron chi connectivity index (χ0n) is 13.8. The Hall–Kier alpha value is -2.09. The molecule has 2 heteroatoms. The predicted octanol–water partition coefficient (Wildman–Crippen LogP) is 5.43. The number of carbonyl (C=O) groups excluding carboxylic acids is 1. The fourth-order valence-corrected chi connectivity index (χ4v) is 2.32. The van der Waals surface area contributed by atoms with E-state index >= 15 is 0 Å². The number of esters is 1. The summed E-state index contributed by atoms with van der Waals surface area (Å²) in [6.45, 7) is 8.29. The van der Waals surface area contributed by atoms with Crippen LogP contribution >= 0.6 is 0 Å². The van der Waals surface area contributed by atoms with Crippen LogP contribution in [-0.4, -0.2) is 5.97 Å². The quantitative estimate of drug-likeness (QED) is 0.688. The Balaban J connectivity index is 2.03. The number of carbonyl (C=O) groups is 1. The molecule has 2 aromatic rings. The molecule has 0 aliphatic heterocycles. The van der Waals surface area contributed by atoms with Gasteiger partial charge in [-0.3, -0.25) is 0 Å². The summed E-state index contributed by atoms with van der Waals surface area (Å²) in [6, 6.07) is 15.8. The van der Waals surface area contributed by atoms with Crippen LogP contribution in [-0.2, 0) is 4.74 Å². The van der Waals surface area contributed by atoms with E-state index in [1.807, 2.05) is 62.4 Å². The van der Waals surface area contributed by atoms with E-state index < -0.39 is 0 Å². The molecule has 2 unspecified atom stereocenters. The summed E-state index contributed by atoms with van der Waals surface area (Å²) in [5, 5.41) is 0. The molecule has 0 heterocycles. The molecule has 0 aliphatic rings. The zero-order valence-corrected chi connectivity index (χ0v) is 13.8. The first-order valence-corrected chi connectivity index (χ1v) is 7.88. The van der Waals surface area contributed by atoms with Crippen LogP contribution < -0.4 is 0 Å². The SMILES string of the molecule is CCC(C)c1ccc(C(=O)OC(C)c2ccc(C)cc2)cc1. The van der Waals surface area contributed by atoms with Crippen molar-refractivity contribution < 1.29 is 9.53 Å². The third-order valence-electron chi connectivity index (χ3n) is 4.16. The molecule has 22 heavy (non-hydrogen) atoms. The molecule has 0 fully saturated rings. The van der Waals surface area contributed by atoms with Crippen molar-refractivity contribution >= 4 is 5.97 Å². The van der Waals surface area contributed by atoms with Gasteiger partial charge in [0.15, 0.2) is 0 Å². The Kier molecular flexibility index (Phi) is 5.37. The number of hydrogen-bond acceptors (Lipinski definition) is 2. The Morgan fingerprint density at radius 2 is 1.50 bits per heavy atom. The number of benzene rings is 2. The maximum absolute atomic E-state index is 12.2. The maximum Gasteiger partial charge on any atom is 0.338 e. The first kappa shape index (κ1) is 16.3. The largest absolute Gasteiger partial charge is 0.454 e. The van der Waals surface area contributed by atoms with Gasteiger partial charge in [0.1, 0.15) is 6.10 Å². The van der Waals surface area contributed by atoms with Gasteiger partial charge in [0.2, 0.25) is 0 Å². The summed E-state index contributed by atoms with van der Waals surface area (Å²) >= 11 is 0. The Bertz CT molecular complexity index is 611. The molecule has 2 atom stereocenters. The molecule has 2 rings (SSSR count). The van der Waals surface area contributed by atoms with E-state index in [9.17, 15) is 4.79 Å². The average molecular weight is 296 g/mol. The molecule has 0 N–H and O–H groups in total. The van der Waals surface area contributed by atoms with E-state index in [0.29, 0.717) is 11.5 Å². The van der Waals surface area contributed by atoms with E-state index in [0.717, 1.165) is 12.0 Å². The van der Waals surface area contributed by atoms with Crippen molar-refractivity contribution in [1.29, 1.82) is 0 Å². The van der Waals surface area contributed by atoms with E-state index in [4.69, 9.17) is 4.74 Å². The van der Waals surface area contributed by atoms with E-state index in [1.54, 1.807) is 0 Å². The van der Waals surface area contributed by atoms with Crippen molar-refractivity contribution in [2.45, 2.75) is 46.1 Å². The summed E-state index contributed by atoms with van der Waals surface area (Å²) in [5.41, 5.74) is 4.06. The van der Waals surface area contributed by atoms with Crippen LogP contribution in [0.25, 0.3) is 0 Å². The second kappa shape index (κ2) is 7.26. The number of rotatable bonds is 5. The summed E-state index contributed by atoms with van der Waals surface area (Å²) in [7, 11) is 0. The first-order chi connectivity index (χ1) is 10.5. The van der Waals surface area contributed by atoms with Gasteiger partial charge in [-0.15, -0.1) is 0 Å². The second-order valence-electron chi connectivity index (χ2n) is 5.89. The molecule has 116 valence electrons. The number of hydrogen-bond donors (Lipinski definition) is 0. The normalized spacial score (nSPS) is 13.5. The van der Waals surface area contributed by atoms with Gasteiger partial charge in [-0.1, -0.05) is 55.8 Å². The lowest BCUT2D eigenvalue weighted by molar-refractivity contribution is 0.0338. The molecule has 2 aromatic carbocycles. The summed E-state index contributed by atoms with van der Waals surface area (Å²) in [4.78, 5) is 12.2. The molecule has 0 spiro atoms. The fraction of sp³-hybridized carbons (Fsp3) is 0.350. The van der Waals surface area contributed by atoms with E-state index in [-0.39, 0.29) is 12.1 Å². The molecule has 0 amide bonds. The zero-order chi connectivity index (χ0) is 16.1. The standard InChI is InChI=1S/C20H24O2/c1-5-15(3)17-10-12-19(13-11-17)20(21)22-16(4)18-8-6-14(2)7-9-18/h6-13,15-16H,5H2,1-4H3. The van der Waals surface area contributed by atoms with Crippen molar-refractivity contribution in [2.75, 3.05) is 0 Å². The molecule has 0 bridgehead atoms. The lowest BCUT2D eigenvalue weighted by Crippen LogP contribution is -2.09. The van der Waals surface area contributed by atoms with E-state index in [2.05, 4.69) is 13.8 Å². The van der Waals surface area contributed by atoms with E-state index in [1.165, 1.54) is 11.1 Å². The van der Waals surface area contributed by atoms with Crippen LogP contribution in [0.2, 0.25) is 0 Å². The van der Waals surface area contributed by atoms with Crippen LogP contribution in [0.1, 0.15) is 66.3 Å². The van der Waals surface area contributed by atoms with Crippen LogP contribution in [0, 0.1) is 6.92 Å². The summed E-state index contributed by atoms with van der Waals surface area (Å²) in [6.07, 6.45) is 0.844. The first-order valence-electron chi connectivity index (χ1n) is 7.88. The Morgan fingerprint density at radius 1 is 0.955 bits per heavy atom. The van der Waals surface area contributed by atoms with Crippen molar-refractivity contribution in [3.63, 3.8) is 0 Å². The van der Waals surface area contributed by atoms with Gasteiger partial charge < -0.3 is 4.74 Å². The summed E-state index contributed by atoms with van der Waals surface area (Å²) in [5.74, 6) is 0.236. The molecule has 0 radical (unpaired) electrons. The fourth-order valence-electron chi connectivity index (χ4n) is 2.32. The molecule has 0 aromatic heterocycles. The molecule has 0 saturated heterocycles. The summed E-state index contributed by atoms with van der Waals surface area (Å²) < 4.78 is 5.55. The lowest BCUT2D eigenvalue weighted by Gasteiger charge is -2.14.